The SMILES string of the molecule is CC(C)CC(=NNC(=O)C(N)=O)c1ccccc1. The van der Waals surface area contributed by atoms with Gasteiger partial charge in [0.15, 0.2) is 0 Å². The Balaban J connectivity index is 2.88. The second-order valence-corrected chi connectivity index (χ2v) is 4.33. The lowest BCUT2D eigenvalue weighted by Crippen LogP contribution is -2.33. The summed E-state index contributed by atoms with van der Waals surface area (Å²) in [6, 6.07) is 9.48. The van der Waals surface area contributed by atoms with Gasteiger partial charge in [-0.15, -0.1) is 0 Å². The molecular weight excluding hydrogens is 230 g/mol. The third-order valence-corrected chi connectivity index (χ3v) is 2.22. The lowest BCUT2D eigenvalue weighted by molar-refractivity contribution is -0.137. The van der Waals surface area contributed by atoms with E-state index < -0.39 is 11.8 Å². The molecule has 0 aliphatic carbocycles. The minimum Gasteiger partial charge on any atom is -0.361 e. The minimum absolute atomic E-state index is 0.384. The zero-order valence-electron chi connectivity index (χ0n) is 10.5. The fourth-order valence-electron chi connectivity index (χ4n) is 1.42. The Morgan fingerprint density at radius 2 is 1.89 bits per heavy atom. The number of hydrogen-bond acceptors (Lipinski definition) is 3. The molecule has 18 heavy (non-hydrogen) atoms. The number of benzene rings is 1. The van der Waals surface area contributed by atoms with E-state index in [0.29, 0.717) is 12.3 Å². The van der Waals surface area contributed by atoms with Crippen molar-refractivity contribution in [3.05, 3.63) is 35.9 Å². The third-order valence-electron chi connectivity index (χ3n) is 2.22. The van der Waals surface area contributed by atoms with Crippen molar-refractivity contribution in [2.24, 2.45) is 16.8 Å². The van der Waals surface area contributed by atoms with Gasteiger partial charge in [0.1, 0.15) is 0 Å². The van der Waals surface area contributed by atoms with E-state index in [1.165, 1.54) is 0 Å². The standard InChI is InChI=1S/C13H17N3O2/c1-9(2)8-11(10-6-4-3-5-7-10)15-16-13(18)12(14)17/h3-7,9H,8H2,1-2H3,(H2,14,17)(H,16,18). The van der Waals surface area contributed by atoms with Gasteiger partial charge in [-0.25, -0.2) is 5.43 Å². The second-order valence-electron chi connectivity index (χ2n) is 4.33. The zero-order valence-corrected chi connectivity index (χ0v) is 10.5. The Bertz CT molecular complexity index is 453. The zero-order chi connectivity index (χ0) is 13.5. The molecule has 96 valence electrons. The molecular formula is C13H17N3O2. The van der Waals surface area contributed by atoms with Gasteiger partial charge in [0.25, 0.3) is 0 Å². The monoisotopic (exact) mass is 247 g/mol. The molecule has 0 fully saturated rings. The molecule has 0 aliphatic heterocycles. The van der Waals surface area contributed by atoms with Crippen LogP contribution in [0.3, 0.4) is 0 Å². The number of nitrogens with one attached hydrogen (secondary N) is 1. The van der Waals surface area contributed by atoms with E-state index in [1.54, 1.807) is 0 Å². The quantitative estimate of drug-likeness (QED) is 0.473. The van der Waals surface area contributed by atoms with Gasteiger partial charge < -0.3 is 5.73 Å². The summed E-state index contributed by atoms with van der Waals surface area (Å²) in [5.41, 5.74) is 8.64. The van der Waals surface area contributed by atoms with Crippen LogP contribution in [-0.2, 0) is 9.59 Å². The first-order valence-corrected chi connectivity index (χ1v) is 5.72. The van der Waals surface area contributed by atoms with Gasteiger partial charge in [-0.05, 0) is 17.9 Å². The first kappa shape index (κ1) is 13.9. The number of nitrogens with two attached hydrogens (primary N) is 1. The minimum atomic E-state index is -1.05. The van der Waals surface area contributed by atoms with Gasteiger partial charge in [0.2, 0.25) is 0 Å². The lowest BCUT2D eigenvalue weighted by atomic mass is 10.0. The molecule has 0 radical (unpaired) electrons. The molecule has 1 rings (SSSR count). The fraction of sp³-hybridized carbons (Fsp3) is 0.308. The largest absolute Gasteiger partial charge is 0.361 e. The van der Waals surface area contributed by atoms with Crippen molar-refractivity contribution in [1.82, 2.24) is 5.43 Å². The topological polar surface area (TPSA) is 84.6 Å². The maximum absolute atomic E-state index is 11.1. The number of carbonyl (C=O) groups is 2. The Hall–Kier alpha value is -2.17. The Labute approximate surface area is 106 Å². The summed E-state index contributed by atoms with van der Waals surface area (Å²) in [5, 5.41) is 3.97. The summed E-state index contributed by atoms with van der Waals surface area (Å²) >= 11 is 0. The van der Waals surface area contributed by atoms with E-state index in [2.05, 4.69) is 10.5 Å². The average molecular weight is 247 g/mol. The molecule has 0 aromatic heterocycles. The van der Waals surface area contributed by atoms with Gasteiger partial charge in [-0.1, -0.05) is 44.2 Å². The number of carbonyl (C=O) groups excluding carboxylic acids is 2. The lowest BCUT2D eigenvalue weighted by Gasteiger charge is -2.09. The highest BCUT2D eigenvalue weighted by Gasteiger charge is 2.10. The van der Waals surface area contributed by atoms with Gasteiger partial charge in [-0.2, -0.15) is 5.10 Å². The molecule has 2 amide bonds. The van der Waals surface area contributed by atoms with E-state index >= 15 is 0 Å². The molecule has 1 aromatic carbocycles. The summed E-state index contributed by atoms with van der Waals surface area (Å²) in [7, 11) is 0. The van der Waals surface area contributed by atoms with Crippen LogP contribution in [0.25, 0.3) is 0 Å². The summed E-state index contributed by atoms with van der Waals surface area (Å²) in [4.78, 5) is 21.7. The van der Waals surface area contributed by atoms with Crippen molar-refractivity contribution in [3.63, 3.8) is 0 Å². The van der Waals surface area contributed by atoms with Crippen molar-refractivity contribution in [1.29, 1.82) is 0 Å². The van der Waals surface area contributed by atoms with Crippen molar-refractivity contribution in [3.8, 4) is 0 Å². The highest BCUT2D eigenvalue weighted by atomic mass is 16.2. The molecule has 0 unspecified atom stereocenters. The van der Waals surface area contributed by atoms with Crippen molar-refractivity contribution in [2.75, 3.05) is 0 Å². The second kappa shape index (κ2) is 6.54. The Morgan fingerprint density at radius 3 is 2.39 bits per heavy atom. The molecule has 5 heteroatoms. The molecule has 0 saturated heterocycles. The smallest absolute Gasteiger partial charge is 0.329 e. The average Bonchev–Trinajstić information content (AvgIpc) is 2.34. The van der Waals surface area contributed by atoms with Crippen LogP contribution >= 0.6 is 0 Å². The first-order valence-electron chi connectivity index (χ1n) is 5.72. The summed E-state index contributed by atoms with van der Waals surface area (Å²) < 4.78 is 0. The number of primary amides is 1. The van der Waals surface area contributed by atoms with Crippen LogP contribution in [0.5, 0.6) is 0 Å². The van der Waals surface area contributed by atoms with E-state index in [9.17, 15) is 9.59 Å². The number of hydrogen-bond donors (Lipinski definition) is 2. The molecule has 0 bridgehead atoms. The van der Waals surface area contributed by atoms with Crippen molar-refractivity contribution < 1.29 is 9.59 Å². The number of hydrazone groups is 1. The van der Waals surface area contributed by atoms with Crippen LogP contribution in [-0.4, -0.2) is 17.5 Å². The number of nitrogens with zero attached hydrogens (tertiary/aromatic N) is 1. The summed E-state index contributed by atoms with van der Waals surface area (Å²) in [5.74, 6) is -1.57. The number of rotatable bonds is 4. The van der Waals surface area contributed by atoms with Crippen molar-refractivity contribution in [2.45, 2.75) is 20.3 Å². The maximum Gasteiger partial charge on any atom is 0.329 e. The van der Waals surface area contributed by atoms with Crippen LogP contribution in [0.1, 0.15) is 25.8 Å². The molecule has 0 heterocycles. The fourth-order valence-corrected chi connectivity index (χ4v) is 1.42. The Morgan fingerprint density at radius 1 is 1.28 bits per heavy atom. The highest BCUT2D eigenvalue weighted by molar-refractivity contribution is 6.34. The van der Waals surface area contributed by atoms with Crippen LogP contribution < -0.4 is 11.2 Å². The third kappa shape index (κ3) is 4.37. The molecule has 0 saturated carbocycles. The predicted molar refractivity (Wildman–Crippen MR) is 69.8 cm³/mol. The normalized spacial score (nSPS) is 11.4. The number of amides is 2. The van der Waals surface area contributed by atoms with Crippen molar-refractivity contribution >= 4 is 17.5 Å². The molecule has 0 spiro atoms. The molecule has 1 aromatic rings. The highest BCUT2D eigenvalue weighted by Crippen LogP contribution is 2.09. The van der Waals surface area contributed by atoms with Gasteiger partial charge >= 0.3 is 11.8 Å². The van der Waals surface area contributed by atoms with E-state index in [1.807, 2.05) is 44.2 Å². The maximum atomic E-state index is 11.1. The van der Waals surface area contributed by atoms with Gasteiger partial charge in [-0.3, -0.25) is 9.59 Å². The molecule has 0 aliphatic rings. The molecule has 0 atom stereocenters. The van der Waals surface area contributed by atoms with E-state index in [0.717, 1.165) is 11.3 Å². The van der Waals surface area contributed by atoms with Crippen LogP contribution in [0, 0.1) is 5.92 Å². The van der Waals surface area contributed by atoms with Crippen LogP contribution in [0.4, 0.5) is 0 Å². The molecule has 5 nitrogen and oxygen atoms in total. The summed E-state index contributed by atoms with van der Waals surface area (Å²) in [6.07, 6.45) is 0.697. The van der Waals surface area contributed by atoms with Crippen LogP contribution in [0.2, 0.25) is 0 Å². The van der Waals surface area contributed by atoms with E-state index in [4.69, 9.17) is 5.73 Å². The van der Waals surface area contributed by atoms with E-state index in [-0.39, 0.29) is 0 Å². The summed E-state index contributed by atoms with van der Waals surface area (Å²) in [6.45, 7) is 4.10. The van der Waals surface area contributed by atoms with Gasteiger partial charge in [0, 0.05) is 0 Å². The van der Waals surface area contributed by atoms with Gasteiger partial charge in [0.05, 0.1) is 5.71 Å². The van der Waals surface area contributed by atoms with Crippen LogP contribution in [0.15, 0.2) is 35.4 Å². The first-order chi connectivity index (χ1) is 8.50. The molecule has 3 N–H and O–H groups in total. The Kier molecular flexibility index (Phi) is 5.05. The predicted octanol–water partition coefficient (Wildman–Crippen LogP) is 1.04.